The van der Waals surface area contributed by atoms with Gasteiger partial charge in [0.05, 0.1) is 24.2 Å². The van der Waals surface area contributed by atoms with E-state index in [1.165, 1.54) is 0 Å². The summed E-state index contributed by atoms with van der Waals surface area (Å²) in [6.07, 6.45) is 4.07. The molecule has 2 bridgehead atoms. The lowest BCUT2D eigenvalue weighted by Crippen LogP contribution is -2.53. The molecule has 5 aliphatic rings. The Balaban J connectivity index is 1.59. The molecule has 3 fully saturated rings. The Labute approximate surface area is 150 Å². The van der Waals surface area contributed by atoms with Crippen molar-refractivity contribution in [2.24, 2.45) is 17.8 Å². The van der Waals surface area contributed by atoms with Gasteiger partial charge in [0, 0.05) is 23.8 Å². The number of anilines is 1. The number of benzene rings is 1. The van der Waals surface area contributed by atoms with Crippen LogP contribution in [0.25, 0.3) is 0 Å². The standard InChI is InChI=1S/C20H19NO5/c1-9-2-3-12-11(8-9)16-10(5-7-25-16)17-20-6-4-13(26-20)14(19(23)24)15(20)18(22)21(12)17/h2-4,6,8,10,13-17H,5,7H2,1H3,(H,23,24)/t10-,13+,14+,15-,16-,17+,20+/m1/s1. The monoisotopic (exact) mass is 353 g/mol. The van der Waals surface area contributed by atoms with E-state index < -0.39 is 29.5 Å². The third kappa shape index (κ3) is 1.48. The van der Waals surface area contributed by atoms with Crippen molar-refractivity contribution in [3.8, 4) is 0 Å². The van der Waals surface area contributed by atoms with Crippen molar-refractivity contribution in [2.75, 3.05) is 11.5 Å². The predicted octanol–water partition coefficient (Wildman–Crippen LogP) is 1.83. The second-order valence-corrected chi connectivity index (χ2v) is 8.10. The maximum atomic E-state index is 13.5. The van der Waals surface area contributed by atoms with E-state index in [9.17, 15) is 14.7 Å². The molecule has 0 unspecified atom stereocenters. The molecule has 0 aliphatic carbocycles. The average Bonchev–Trinajstić information content (AvgIpc) is 3.35. The molecule has 1 aromatic rings. The van der Waals surface area contributed by atoms with E-state index in [-0.39, 0.29) is 24.0 Å². The number of amides is 1. The fourth-order valence-electron chi connectivity index (χ4n) is 6.04. The first-order valence-electron chi connectivity index (χ1n) is 9.18. The minimum absolute atomic E-state index is 0.0630. The summed E-state index contributed by atoms with van der Waals surface area (Å²) in [6.45, 7) is 2.68. The SMILES string of the molecule is Cc1ccc2c(c1)[C@@H]1OCC[C@H]1[C@@H]1N2C(=O)[C@H]2[C@@H](C(=O)O)[C@@H]3C=C[C@@]12O3. The van der Waals surface area contributed by atoms with Gasteiger partial charge in [0.25, 0.3) is 0 Å². The van der Waals surface area contributed by atoms with Crippen LogP contribution in [0.4, 0.5) is 5.69 Å². The van der Waals surface area contributed by atoms with E-state index in [4.69, 9.17) is 9.47 Å². The molecule has 6 rings (SSSR count). The van der Waals surface area contributed by atoms with Crippen LogP contribution in [0.2, 0.25) is 0 Å². The maximum Gasteiger partial charge on any atom is 0.310 e. The van der Waals surface area contributed by atoms with Gasteiger partial charge in [-0.15, -0.1) is 0 Å². The number of ether oxygens (including phenoxy) is 2. The van der Waals surface area contributed by atoms with Crippen LogP contribution in [0, 0.1) is 24.7 Å². The lowest BCUT2D eigenvalue weighted by atomic mass is 9.70. The molecule has 6 heteroatoms. The van der Waals surface area contributed by atoms with Gasteiger partial charge in [-0.25, -0.2) is 0 Å². The van der Waals surface area contributed by atoms with Gasteiger partial charge in [-0.05, 0) is 19.4 Å². The molecule has 0 radical (unpaired) electrons. The third-order valence-corrected chi connectivity index (χ3v) is 6.91. The topological polar surface area (TPSA) is 76.1 Å². The highest BCUT2D eigenvalue weighted by Gasteiger charge is 2.74. The minimum atomic E-state index is -0.956. The molecule has 0 saturated carbocycles. The van der Waals surface area contributed by atoms with Crippen molar-refractivity contribution >= 4 is 17.6 Å². The maximum absolute atomic E-state index is 13.5. The van der Waals surface area contributed by atoms with Crippen molar-refractivity contribution in [3.05, 3.63) is 41.5 Å². The zero-order valence-electron chi connectivity index (χ0n) is 14.3. The van der Waals surface area contributed by atoms with E-state index in [0.717, 1.165) is 23.2 Å². The molecule has 1 aromatic carbocycles. The summed E-state index contributed by atoms with van der Waals surface area (Å²) in [6, 6.07) is 5.86. The van der Waals surface area contributed by atoms with Crippen LogP contribution in [-0.2, 0) is 19.1 Å². The zero-order chi connectivity index (χ0) is 17.8. The molecule has 3 saturated heterocycles. The Bertz CT molecular complexity index is 894. The summed E-state index contributed by atoms with van der Waals surface area (Å²) < 4.78 is 12.3. The number of rotatable bonds is 1. The summed E-state index contributed by atoms with van der Waals surface area (Å²) >= 11 is 0. The van der Waals surface area contributed by atoms with Crippen LogP contribution in [-0.4, -0.2) is 41.3 Å². The molecular formula is C20H19NO5. The summed E-state index contributed by atoms with van der Waals surface area (Å²) in [7, 11) is 0. The lowest BCUT2D eigenvalue weighted by Gasteiger charge is -2.44. The number of nitrogens with zero attached hydrogens (tertiary/aromatic N) is 1. The Morgan fingerprint density at radius 2 is 2.23 bits per heavy atom. The van der Waals surface area contributed by atoms with Crippen molar-refractivity contribution < 1.29 is 24.2 Å². The van der Waals surface area contributed by atoms with Gasteiger partial charge in [0.1, 0.15) is 11.5 Å². The summed E-state index contributed by atoms with van der Waals surface area (Å²) in [5.74, 6) is -2.43. The van der Waals surface area contributed by atoms with E-state index >= 15 is 0 Å². The quantitative estimate of drug-likeness (QED) is 0.780. The van der Waals surface area contributed by atoms with E-state index in [1.807, 2.05) is 36.1 Å². The molecular weight excluding hydrogens is 334 g/mol. The molecule has 5 aliphatic heterocycles. The van der Waals surface area contributed by atoms with Crippen LogP contribution in [0.5, 0.6) is 0 Å². The van der Waals surface area contributed by atoms with Gasteiger partial charge in [-0.2, -0.15) is 0 Å². The van der Waals surface area contributed by atoms with Crippen molar-refractivity contribution in [1.29, 1.82) is 0 Å². The van der Waals surface area contributed by atoms with Crippen molar-refractivity contribution in [2.45, 2.75) is 37.2 Å². The lowest BCUT2D eigenvalue weighted by molar-refractivity contribution is -0.146. The van der Waals surface area contributed by atoms with Crippen molar-refractivity contribution in [1.82, 2.24) is 0 Å². The first-order chi connectivity index (χ1) is 12.5. The van der Waals surface area contributed by atoms with Crippen LogP contribution in [0.1, 0.15) is 23.7 Å². The number of carbonyl (C=O) groups excluding carboxylic acids is 1. The predicted molar refractivity (Wildman–Crippen MR) is 90.6 cm³/mol. The highest BCUT2D eigenvalue weighted by molar-refractivity contribution is 6.04. The zero-order valence-corrected chi connectivity index (χ0v) is 14.3. The first kappa shape index (κ1) is 14.9. The largest absolute Gasteiger partial charge is 0.481 e. The first-order valence-corrected chi connectivity index (χ1v) is 9.18. The Morgan fingerprint density at radius 1 is 1.38 bits per heavy atom. The van der Waals surface area contributed by atoms with Gasteiger partial charge in [-0.3, -0.25) is 9.59 Å². The average molecular weight is 353 g/mol. The summed E-state index contributed by atoms with van der Waals surface area (Å²) in [4.78, 5) is 27.2. The molecule has 134 valence electrons. The molecule has 26 heavy (non-hydrogen) atoms. The molecule has 5 heterocycles. The number of aryl methyl sites for hydroxylation is 1. The van der Waals surface area contributed by atoms with Gasteiger partial charge >= 0.3 is 5.97 Å². The number of hydrogen-bond acceptors (Lipinski definition) is 4. The fourth-order valence-corrected chi connectivity index (χ4v) is 6.04. The van der Waals surface area contributed by atoms with E-state index in [0.29, 0.717) is 6.61 Å². The highest BCUT2D eigenvalue weighted by atomic mass is 16.5. The fraction of sp³-hybridized carbons (Fsp3) is 0.500. The Kier molecular flexibility index (Phi) is 2.62. The number of carbonyl (C=O) groups is 2. The normalized spacial score (nSPS) is 44.0. The van der Waals surface area contributed by atoms with Gasteiger partial charge < -0.3 is 19.5 Å². The van der Waals surface area contributed by atoms with E-state index in [1.54, 1.807) is 0 Å². The number of fused-ring (bicyclic) bond motifs is 7. The van der Waals surface area contributed by atoms with Crippen LogP contribution in [0.15, 0.2) is 30.4 Å². The molecule has 6 nitrogen and oxygen atoms in total. The van der Waals surface area contributed by atoms with Crippen LogP contribution < -0.4 is 4.90 Å². The Morgan fingerprint density at radius 3 is 3.04 bits per heavy atom. The highest BCUT2D eigenvalue weighted by Crippen LogP contribution is 2.62. The van der Waals surface area contributed by atoms with Crippen LogP contribution >= 0.6 is 0 Å². The van der Waals surface area contributed by atoms with E-state index in [2.05, 4.69) is 6.07 Å². The second-order valence-electron chi connectivity index (χ2n) is 8.10. The number of aliphatic carboxylic acids is 1. The van der Waals surface area contributed by atoms with Crippen LogP contribution in [0.3, 0.4) is 0 Å². The number of hydrogen-bond donors (Lipinski definition) is 1. The molecule has 0 aromatic heterocycles. The van der Waals surface area contributed by atoms with Gasteiger partial charge in [-0.1, -0.05) is 29.8 Å². The Hall–Kier alpha value is -2.18. The summed E-state index contributed by atoms with van der Waals surface area (Å²) in [5.41, 5.74) is 2.17. The third-order valence-electron chi connectivity index (χ3n) is 6.91. The number of carboxylic acids is 1. The molecule has 1 amide bonds. The van der Waals surface area contributed by atoms with Crippen molar-refractivity contribution in [3.63, 3.8) is 0 Å². The molecule has 7 atom stereocenters. The summed E-state index contributed by atoms with van der Waals surface area (Å²) in [5, 5.41) is 9.74. The second kappa shape index (κ2) is 4.56. The van der Waals surface area contributed by atoms with Gasteiger partial charge in [0.2, 0.25) is 5.91 Å². The molecule has 1 spiro atoms. The molecule has 1 N–H and O–H groups in total. The minimum Gasteiger partial charge on any atom is -0.481 e. The number of carboxylic acid groups (broad SMARTS) is 1. The van der Waals surface area contributed by atoms with Gasteiger partial charge in [0.15, 0.2) is 0 Å². The smallest absolute Gasteiger partial charge is 0.310 e.